The van der Waals surface area contributed by atoms with Crippen LogP contribution in [-0.2, 0) is 21.4 Å². The van der Waals surface area contributed by atoms with Gasteiger partial charge >= 0.3 is 0 Å². The number of carbonyl (C=O) groups excluding carboxylic acids is 1. The molecule has 3 fully saturated rings. The number of anilines is 1. The lowest BCUT2D eigenvalue weighted by Crippen LogP contribution is -2.60. The molecule has 2 aromatic rings. The smallest absolute Gasteiger partial charge is 0.243 e. The first-order valence-electron chi connectivity index (χ1n) is 12.7. The second-order valence-electron chi connectivity index (χ2n) is 10.7. The topological polar surface area (TPSA) is 74.6 Å². The van der Waals surface area contributed by atoms with Crippen molar-refractivity contribution in [1.29, 1.82) is 0 Å². The first-order chi connectivity index (χ1) is 16.4. The minimum Gasteiger partial charge on any atom is -0.338 e. The predicted molar refractivity (Wildman–Crippen MR) is 134 cm³/mol. The third-order valence-electron chi connectivity index (χ3n) is 8.39. The minimum atomic E-state index is -3.37. The van der Waals surface area contributed by atoms with Crippen molar-refractivity contribution in [1.82, 2.24) is 14.4 Å². The van der Waals surface area contributed by atoms with E-state index in [1.165, 1.54) is 37.8 Å². The van der Waals surface area contributed by atoms with Crippen LogP contribution in [-0.4, -0.2) is 66.7 Å². The fourth-order valence-corrected chi connectivity index (χ4v) is 7.72. The Hall–Kier alpha value is -2.32. The van der Waals surface area contributed by atoms with Crippen molar-refractivity contribution in [3.05, 3.63) is 42.1 Å². The van der Waals surface area contributed by atoms with E-state index in [-0.39, 0.29) is 18.5 Å². The average molecular weight is 483 g/mol. The first-order valence-corrected chi connectivity index (χ1v) is 14.6. The SMILES string of the molecule is CS(=O)(=O)Nc1cccc2c1ccn2CC(=O)N1CCCC2=C[C@@H]3C[C@H](CN4CCCC[C@@H]34)[C@H]21. The molecule has 1 aliphatic carbocycles. The van der Waals surface area contributed by atoms with Crippen molar-refractivity contribution in [2.24, 2.45) is 11.8 Å². The standard InChI is InChI=1S/C26H34N4O3S/c1-34(32,33)27-22-7-4-9-24-21(22)10-13-29(24)17-25(31)30-12-5-6-18-14-19-15-20(26(18)30)16-28-11-3-2-8-23(19)28/h4,7,9-10,13-14,19-20,23,26-27H,2-3,5-6,8,11-12,15-17H2,1H3/t19-,20-,23+,26+/m1/s1. The maximum atomic E-state index is 13.7. The fourth-order valence-electron chi connectivity index (χ4n) is 7.14. The number of rotatable bonds is 4. The van der Waals surface area contributed by atoms with Gasteiger partial charge in [0.1, 0.15) is 6.54 Å². The maximum Gasteiger partial charge on any atom is 0.243 e. The average Bonchev–Trinajstić information content (AvgIpc) is 3.21. The highest BCUT2D eigenvalue weighted by Crippen LogP contribution is 2.45. The van der Waals surface area contributed by atoms with Gasteiger partial charge in [0.15, 0.2) is 0 Å². The van der Waals surface area contributed by atoms with Crippen molar-refractivity contribution in [3.8, 4) is 0 Å². The second kappa shape index (κ2) is 8.41. The predicted octanol–water partition coefficient (Wildman–Crippen LogP) is 3.43. The van der Waals surface area contributed by atoms with E-state index in [2.05, 4.69) is 20.6 Å². The maximum absolute atomic E-state index is 13.7. The number of benzene rings is 1. The van der Waals surface area contributed by atoms with Crippen molar-refractivity contribution in [2.75, 3.05) is 30.6 Å². The molecular weight excluding hydrogens is 448 g/mol. The quantitative estimate of drug-likeness (QED) is 0.678. The van der Waals surface area contributed by atoms with Gasteiger partial charge < -0.3 is 9.47 Å². The number of fused-ring (bicyclic) bond motifs is 7. The Morgan fingerprint density at radius 2 is 2.03 bits per heavy atom. The van der Waals surface area contributed by atoms with E-state index < -0.39 is 10.0 Å². The van der Waals surface area contributed by atoms with Gasteiger partial charge in [-0.15, -0.1) is 0 Å². The van der Waals surface area contributed by atoms with Gasteiger partial charge in [-0.25, -0.2) is 8.42 Å². The molecule has 1 aromatic carbocycles. The van der Waals surface area contributed by atoms with E-state index in [0.717, 1.165) is 43.1 Å². The molecule has 3 saturated heterocycles. The molecule has 1 aromatic heterocycles. The van der Waals surface area contributed by atoms with E-state index in [1.807, 2.05) is 29.0 Å². The van der Waals surface area contributed by atoms with Crippen LogP contribution in [0.5, 0.6) is 0 Å². The van der Waals surface area contributed by atoms with Crippen molar-refractivity contribution in [2.45, 2.75) is 57.2 Å². The van der Waals surface area contributed by atoms with Crippen LogP contribution < -0.4 is 4.72 Å². The van der Waals surface area contributed by atoms with Crippen LogP contribution >= 0.6 is 0 Å². The van der Waals surface area contributed by atoms with Crippen LogP contribution in [0.2, 0.25) is 0 Å². The Labute approximate surface area is 201 Å². The normalized spacial score (nSPS) is 29.3. The largest absolute Gasteiger partial charge is 0.338 e. The molecule has 0 spiro atoms. The summed E-state index contributed by atoms with van der Waals surface area (Å²) in [6.07, 6.45) is 13.0. The van der Waals surface area contributed by atoms with Gasteiger partial charge in [-0.2, -0.15) is 0 Å². The van der Waals surface area contributed by atoms with Gasteiger partial charge in [-0.05, 0) is 68.7 Å². The molecular formula is C26H34N4O3S. The fraction of sp³-hybridized carbons (Fsp3) is 0.577. The zero-order chi connectivity index (χ0) is 23.4. The summed E-state index contributed by atoms with van der Waals surface area (Å²) >= 11 is 0. The number of aromatic nitrogens is 1. The molecule has 2 bridgehead atoms. The van der Waals surface area contributed by atoms with E-state index >= 15 is 0 Å². The van der Waals surface area contributed by atoms with Gasteiger partial charge in [0.05, 0.1) is 23.5 Å². The molecule has 3 aliphatic heterocycles. The Balaban J connectivity index is 1.25. The number of likely N-dealkylation sites (tertiary alicyclic amines) is 1. The van der Waals surface area contributed by atoms with E-state index in [9.17, 15) is 13.2 Å². The molecule has 4 atom stereocenters. The van der Waals surface area contributed by atoms with Crippen molar-refractivity contribution in [3.63, 3.8) is 0 Å². The number of nitrogens with zero attached hydrogens (tertiary/aromatic N) is 3. The summed E-state index contributed by atoms with van der Waals surface area (Å²) in [5, 5.41) is 0.809. The van der Waals surface area contributed by atoms with Gasteiger partial charge in [0.25, 0.3) is 0 Å². The molecule has 8 heteroatoms. The van der Waals surface area contributed by atoms with E-state index in [4.69, 9.17) is 0 Å². The van der Waals surface area contributed by atoms with Crippen LogP contribution in [0.15, 0.2) is 42.1 Å². The number of amides is 1. The first kappa shape index (κ1) is 22.2. The molecule has 7 nitrogen and oxygen atoms in total. The highest BCUT2D eigenvalue weighted by Gasteiger charge is 2.46. The third kappa shape index (κ3) is 3.94. The number of hydrogen-bond donors (Lipinski definition) is 1. The summed E-state index contributed by atoms with van der Waals surface area (Å²) in [6, 6.07) is 8.37. The van der Waals surface area contributed by atoms with Crippen molar-refractivity contribution >= 4 is 32.5 Å². The highest BCUT2D eigenvalue weighted by molar-refractivity contribution is 7.92. The molecule has 4 aliphatic rings. The van der Waals surface area contributed by atoms with E-state index in [1.54, 1.807) is 6.07 Å². The third-order valence-corrected chi connectivity index (χ3v) is 8.98. The molecule has 6 rings (SSSR count). The van der Waals surface area contributed by atoms with Crippen LogP contribution in [0.4, 0.5) is 5.69 Å². The molecule has 182 valence electrons. The van der Waals surface area contributed by atoms with Gasteiger partial charge in [-0.3, -0.25) is 14.4 Å². The lowest BCUT2D eigenvalue weighted by molar-refractivity contribution is -0.136. The van der Waals surface area contributed by atoms with Crippen LogP contribution in [0, 0.1) is 11.8 Å². The number of piperidine rings is 3. The monoisotopic (exact) mass is 482 g/mol. The summed E-state index contributed by atoms with van der Waals surface area (Å²) in [7, 11) is -3.37. The van der Waals surface area contributed by atoms with Gasteiger partial charge in [0.2, 0.25) is 15.9 Å². The zero-order valence-electron chi connectivity index (χ0n) is 19.8. The van der Waals surface area contributed by atoms with Gasteiger partial charge in [-0.1, -0.05) is 24.1 Å². The highest BCUT2D eigenvalue weighted by atomic mass is 32.2. The zero-order valence-corrected chi connectivity index (χ0v) is 20.6. The number of sulfonamides is 1. The minimum absolute atomic E-state index is 0.161. The Bertz CT molecular complexity index is 1250. The van der Waals surface area contributed by atoms with Crippen molar-refractivity contribution < 1.29 is 13.2 Å². The second-order valence-corrected chi connectivity index (χ2v) is 12.4. The Morgan fingerprint density at radius 3 is 2.88 bits per heavy atom. The van der Waals surface area contributed by atoms with Crippen LogP contribution in [0.1, 0.15) is 38.5 Å². The summed E-state index contributed by atoms with van der Waals surface area (Å²) in [4.78, 5) is 18.5. The molecule has 1 amide bonds. The number of nitrogens with one attached hydrogen (secondary N) is 1. The lowest BCUT2D eigenvalue weighted by atomic mass is 9.68. The lowest BCUT2D eigenvalue weighted by Gasteiger charge is -2.54. The van der Waals surface area contributed by atoms with Gasteiger partial charge in [0, 0.05) is 30.7 Å². The van der Waals surface area contributed by atoms with Crippen LogP contribution in [0.3, 0.4) is 0 Å². The van der Waals surface area contributed by atoms with Crippen LogP contribution in [0.25, 0.3) is 10.9 Å². The Morgan fingerprint density at radius 1 is 1.15 bits per heavy atom. The number of hydrogen-bond acceptors (Lipinski definition) is 4. The molecule has 0 saturated carbocycles. The Kier molecular flexibility index (Phi) is 5.48. The summed E-state index contributed by atoms with van der Waals surface area (Å²) in [5.74, 6) is 1.36. The molecule has 34 heavy (non-hydrogen) atoms. The molecule has 1 N–H and O–H groups in total. The molecule has 0 radical (unpaired) electrons. The molecule has 0 unspecified atom stereocenters. The molecule has 4 heterocycles. The summed E-state index contributed by atoms with van der Waals surface area (Å²) in [6.45, 7) is 3.43. The van der Waals surface area contributed by atoms with E-state index in [0.29, 0.717) is 23.6 Å². The summed E-state index contributed by atoms with van der Waals surface area (Å²) < 4.78 is 28.1. The number of carbonyl (C=O) groups is 1. The summed E-state index contributed by atoms with van der Waals surface area (Å²) in [5.41, 5.74) is 2.92.